The molecule has 0 atom stereocenters. The number of carbonyl (C=O) groups is 1. The number of amides is 1. The molecule has 1 saturated heterocycles. The van der Waals surface area contributed by atoms with Crippen LogP contribution in [0.15, 0.2) is 12.3 Å². The fourth-order valence-electron chi connectivity index (χ4n) is 2.52. The normalized spacial score (nSPS) is 16.1. The minimum Gasteiger partial charge on any atom is -0.369 e. The number of aromatic nitrogens is 2. The Morgan fingerprint density at radius 3 is 2.95 bits per heavy atom. The first kappa shape index (κ1) is 14.6. The van der Waals surface area contributed by atoms with E-state index in [9.17, 15) is 4.79 Å². The van der Waals surface area contributed by atoms with Crippen molar-refractivity contribution in [2.75, 3.05) is 26.3 Å². The molecule has 1 amide bonds. The van der Waals surface area contributed by atoms with Gasteiger partial charge in [0.05, 0.1) is 6.61 Å². The van der Waals surface area contributed by atoms with Gasteiger partial charge in [0.25, 0.3) is 5.91 Å². The zero-order valence-corrected chi connectivity index (χ0v) is 11.9. The summed E-state index contributed by atoms with van der Waals surface area (Å²) in [6, 6.07) is 1.79. The molecule has 0 aromatic carbocycles. The summed E-state index contributed by atoms with van der Waals surface area (Å²) < 4.78 is 7.11. The highest BCUT2D eigenvalue weighted by Gasteiger charge is 2.25. The van der Waals surface area contributed by atoms with Crippen molar-refractivity contribution in [1.29, 1.82) is 0 Å². The van der Waals surface area contributed by atoms with Crippen LogP contribution in [0.4, 0.5) is 0 Å². The average Bonchev–Trinajstić information content (AvgIpc) is 2.96. The van der Waals surface area contributed by atoms with Crippen molar-refractivity contribution in [3.05, 3.63) is 18.0 Å². The molecule has 0 unspecified atom stereocenters. The second-order valence-electron chi connectivity index (χ2n) is 4.99. The number of hydrogen-bond acceptors (Lipinski definition) is 3. The molecule has 2 rings (SSSR count). The minimum atomic E-state index is 0.0762. The largest absolute Gasteiger partial charge is 0.369 e. The summed E-state index contributed by atoms with van der Waals surface area (Å²) in [5, 5.41) is 4.15. The van der Waals surface area contributed by atoms with Gasteiger partial charge >= 0.3 is 0 Å². The van der Waals surface area contributed by atoms with E-state index in [1.54, 1.807) is 16.9 Å². The Morgan fingerprint density at radius 2 is 2.30 bits per heavy atom. The summed E-state index contributed by atoms with van der Waals surface area (Å²) in [6.45, 7) is 5.31. The van der Waals surface area contributed by atoms with Crippen LogP contribution in [0.5, 0.6) is 0 Å². The third-order valence-corrected chi connectivity index (χ3v) is 3.68. The van der Waals surface area contributed by atoms with E-state index in [4.69, 9.17) is 11.2 Å². The molecule has 0 aliphatic carbocycles. The monoisotopic (exact) mass is 275 g/mol. The summed E-state index contributed by atoms with van der Waals surface area (Å²) >= 11 is 0. The number of nitrogens with zero attached hydrogens (tertiary/aromatic N) is 3. The van der Waals surface area contributed by atoms with Crippen LogP contribution < -0.4 is 0 Å². The van der Waals surface area contributed by atoms with Gasteiger partial charge < -0.3 is 9.64 Å². The van der Waals surface area contributed by atoms with E-state index < -0.39 is 0 Å². The average molecular weight is 275 g/mol. The van der Waals surface area contributed by atoms with Gasteiger partial charge in [-0.3, -0.25) is 9.48 Å². The molecule has 5 heteroatoms. The molecule has 108 valence electrons. The first-order valence-electron chi connectivity index (χ1n) is 7.08. The topological polar surface area (TPSA) is 47.4 Å². The number of hydrogen-bond donors (Lipinski definition) is 0. The van der Waals surface area contributed by atoms with Crippen molar-refractivity contribution in [3.8, 4) is 12.3 Å². The highest BCUT2D eigenvalue weighted by atomic mass is 16.5. The van der Waals surface area contributed by atoms with Gasteiger partial charge in [0.1, 0.15) is 12.3 Å². The third kappa shape index (κ3) is 3.40. The molecule has 0 radical (unpaired) electrons. The number of aryl methyl sites for hydroxylation is 1. The van der Waals surface area contributed by atoms with Gasteiger partial charge in [-0.05, 0) is 31.7 Å². The van der Waals surface area contributed by atoms with Gasteiger partial charge in [-0.2, -0.15) is 5.10 Å². The maximum Gasteiger partial charge on any atom is 0.272 e. The third-order valence-electron chi connectivity index (χ3n) is 3.68. The molecule has 5 nitrogen and oxygen atoms in total. The van der Waals surface area contributed by atoms with Crippen molar-refractivity contribution >= 4 is 5.91 Å². The van der Waals surface area contributed by atoms with Gasteiger partial charge in [-0.1, -0.05) is 5.92 Å². The number of likely N-dealkylation sites (tertiary alicyclic amines) is 1. The van der Waals surface area contributed by atoms with Crippen molar-refractivity contribution in [1.82, 2.24) is 14.7 Å². The summed E-state index contributed by atoms with van der Waals surface area (Å²) in [4.78, 5) is 14.3. The highest BCUT2D eigenvalue weighted by Crippen LogP contribution is 2.19. The maximum atomic E-state index is 12.4. The summed E-state index contributed by atoms with van der Waals surface area (Å²) in [5.41, 5.74) is 0.675. The molecule has 1 aliphatic heterocycles. The van der Waals surface area contributed by atoms with Crippen LogP contribution >= 0.6 is 0 Å². The number of ether oxygens (including phenoxy) is 1. The number of piperidine rings is 1. The van der Waals surface area contributed by atoms with Crippen molar-refractivity contribution in [3.63, 3.8) is 0 Å². The first-order valence-corrected chi connectivity index (χ1v) is 7.08. The van der Waals surface area contributed by atoms with E-state index in [1.165, 1.54) is 0 Å². The Balaban J connectivity index is 1.85. The van der Waals surface area contributed by atoms with Gasteiger partial charge in [0.15, 0.2) is 0 Å². The Labute approximate surface area is 119 Å². The van der Waals surface area contributed by atoms with E-state index in [2.05, 4.69) is 11.0 Å². The lowest BCUT2D eigenvalue weighted by Gasteiger charge is -2.31. The zero-order chi connectivity index (χ0) is 14.4. The van der Waals surface area contributed by atoms with Crippen LogP contribution in [-0.4, -0.2) is 46.9 Å². The van der Waals surface area contributed by atoms with E-state index in [1.807, 2.05) is 11.8 Å². The van der Waals surface area contributed by atoms with Crippen LogP contribution in [0.1, 0.15) is 30.3 Å². The SMILES string of the molecule is C#CCOCC1CCN(C(=O)c2ccnn2CC)CC1. The van der Waals surface area contributed by atoms with Crippen molar-refractivity contribution in [2.45, 2.75) is 26.3 Å². The zero-order valence-electron chi connectivity index (χ0n) is 11.9. The van der Waals surface area contributed by atoms with E-state index in [-0.39, 0.29) is 5.91 Å². The fraction of sp³-hybridized carbons (Fsp3) is 0.600. The lowest BCUT2D eigenvalue weighted by molar-refractivity contribution is 0.0572. The van der Waals surface area contributed by atoms with Crippen molar-refractivity contribution in [2.24, 2.45) is 5.92 Å². The van der Waals surface area contributed by atoms with E-state index in [0.717, 1.165) is 25.9 Å². The fourth-order valence-corrected chi connectivity index (χ4v) is 2.52. The molecule has 20 heavy (non-hydrogen) atoms. The van der Waals surface area contributed by atoms with Gasteiger partial charge in [0, 0.05) is 25.8 Å². The molecule has 1 aromatic heterocycles. The molecular formula is C15H21N3O2. The van der Waals surface area contributed by atoms with Crippen LogP contribution in [0, 0.1) is 18.3 Å². The quantitative estimate of drug-likeness (QED) is 0.603. The lowest BCUT2D eigenvalue weighted by atomic mass is 9.97. The molecular weight excluding hydrogens is 254 g/mol. The summed E-state index contributed by atoms with van der Waals surface area (Å²) in [6.07, 6.45) is 8.77. The molecule has 1 fully saturated rings. The Kier molecular flexibility index (Phi) is 5.19. The Bertz CT molecular complexity index is 482. The molecule has 0 spiro atoms. The smallest absolute Gasteiger partial charge is 0.272 e. The Hall–Kier alpha value is -1.80. The minimum absolute atomic E-state index is 0.0762. The molecule has 2 heterocycles. The van der Waals surface area contributed by atoms with E-state index in [0.29, 0.717) is 31.4 Å². The standard InChI is InChI=1S/C15H21N3O2/c1-3-11-20-12-13-6-9-17(10-7-13)15(19)14-5-8-16-18(14)4-2/h1,5,8,13H,4,6-7,9-12H2,2H3. The van der Waals surface area contributed by atoms with E-state index >= 15 is 0 Å². The van der Waals surface area contributed by atoms with Crippen molar-refractivity contribution < 1.29 is 9.53 Å². The van der Waals surface area contributed by atoms with Crippen LogP contribution in [0.25, 0.3) is 0 Å². The molecule has 1 aliphatic rings. The van der Waals surface area contributed by atoms with Crippen LogP contribution in [0.2, 0.25) is 0 Å². The molecule has 0 N–H and O–H groups in total. The first-order chi connectivity index (χ1) is 9.76. The Morgan fingerprint density at radius 1 is 1.55 bits per heavy atom. The molecule has 0 saturated carbocycles. The predicted molar refractivity (Wildman–Crippen MR) is 76.2 cm³/mol. The molecule has 0 bridgehead atoms. The maximum absolute atomic E-state index is 12.4. The highest BCUT2D eigenvalue weighted by molar-refractivity contribution is 5.92. The number of rotatable bonds is 5. The number of carbonyl (C=O) groups excluding carboxylic acids is 1. The van der Waals surface area contributed by atoms with Crippen LogP contribution in [0.3, 0.4) is 0 Å². The van der Waals surface area contributed by atoms with Crippen LogP contribution in [-0.2, 0) is 11.3 Å². The number of terminal acetylenes is 1. The summed E-state index contributed by atoms with van der Waals surface area (Å²) in [7, 11) is 0. The second kappa shape index (κ2) is 7.11. The lowest BCUT2D eigenvalue weighted by Crippen LogP contribution is -2.40. The van der Waals surface area contributed by atoms with Gasteiger partial charge in [0.2, 0.25) is 0 Å². The van der Waals surface area contributed by atoms with Gasteiger partial charge in [-0.25, -0.2) is 0 Å². The second-order valence-corrected chi connectivity index (χ2v) is 4.99. The molecule has 1 aromatic rings. The predicted octanol–water partition coefficient (Wildman–Crippen LogP) is 1.40. The summed E-state index contributed by atoms with van der Waals surface area (Å²) in [5.74, 6) is 3.05. The van der Waals surface area contributed by atoms with Gasteiger partial charge in [-0.15, -0.1) is 6.42 Å².